The number of aryl methyl sites for hydroxylation is 1. The molecule has 1 rings (SSSR count). The smallest absolute Gasteiger partial charge is 0.306 e. The summed E-state index contributed by atoms with van der Waals surface area (Å²) in [5, 5.41) is 0. The molecule has 20 heavy (non-hydrogen) atoms. The lowest BCUT2D eigenvalue weighted by Crippen LogP contribution is -2.24. The Kier molecular flexibility index (Phi) is 5.81. The third-order valence-corrected chi connectivity index (χ3v) is 2.80. The van der Waals surface area contributed by atoms with E-state index in [1.807, 2.05) is 45.0 Å². The van der Waals surface area contributed by atoms with Crippen LogP contribution >= 0.6 is 0 Å². The van der Waals surface area contributed by atoms with Crippen molar-refractivity contribution in [2.45, 2.75) is 45.6 Å². The fourth-order valence-electron chi connectivity index (χ4n) is 1.95. The molecule has 0 saturated carbocycles. The van der Waals surface area contributed by atoms with E-state index in [4.69, 9.17) is 9.47 Å². The molecule has 0 saturated heterocycles. The maximum absolute atomic E-state index is 11.8. The Labute approximate surface area is 121 Å². The largest absolute Gasteiger partial charge is 0.497 e. The zero-order valence-corrected chi connectivity index (χ0v) is 12.9. The van der Waals surface area contributed by atoms with Gasteiger partial charge < -0.3 is 9.47 Å². The van der Waals surface area contributed by atoms with Gasteiger partial charge in [-0.2, -0.15) is 0 Å². The molecule has 110 valence electrons. The SMILES string of the molecule is C=CCc1ccc(OC)cc1CCC(=O)OC(C)(C)C. The molecule has 0 aromatic heterocycles. The maximum Gasteiger partial charge on any atom is 0.306 e. The van der Waals surface area contributed by atoms with Gasteiger partial charge >= 0.3 is 5.97 Å². The van der Waals surface area contributed by atoms with Crippen LogP contribution in [0.5, 0.6) is 5.75 Å². The molecule has 0 spiro atoms. The minimum atomic E-state index is -0.435. The highest BCUT2D eigenvalue weighted by Gasteiger charge is 2.16. The van der Waals surface area contributed by atoms with Crippen LogP contribution in [0, 0.1) is 0 Å². The quantitative estimate of drug-likeness (QED) is 0.587. The van der Waals surface area contributed by atoms with E-state index in [0.717, 1.165) is 17.7 Å². The van der Waals surface area contributed by atoms with Gasteiger partial charge in [-0.05, 0) is 56.9 Å². The predicted octanol–water partition coefficient (Wildman–Crippen LogP) is 3.70. The number of methoxy groups -OCH3 is 1. The normalized spacial score (nSPS) is 11.0. The van der Waals surface area contributed by atoms with Crippen LogP contribution in [0.3, 0.4) is 0 Å². The molecule has 3 nitrogen and oxygen atoms in total. The molecule has 1 aromatic carbocycles. The summed E-state index contributed by atoms with van der Waals surface area (Å²) in [5.74, 6) is 0.627. The molecule has 0 unspecified atom stereocenters. The molecule has 3 heteroatoms. The molecular weight excluding hydrogens is 252 g/mol. The Morgan fingerprint density at radius 3 is 2.55 bits per heavy atom. The van der Waals surface area contributed by atoms with Crippen molar-refractivity contribution in [1.29, 1.82) is 0 Å². The molecule has 0 heterocycles. The molecule has 0 aliphatic carbocycles. The molecular formula is C17H24O3. The van der Waals surface area contributed by atoms with Crippen molar-refractivity contribution in [1.82, 2.24) is 0 Å². The third kappa shape index (κ3) is 5.47. The van der Waals surface area contributed by atoms with Crippen LogP contribution < -0.4 is 4.74 Å². The van der Waals surface area contributed by atoms with E-state index in [9.17, 15) is 4.79 Å². The predicted molar refractivity (Wildman–Crippen MR) is 81.1 cm³/mol. The lowest BCUT2D eigenvalue weighted by Gasteiger charge is -2.19. The zero-order chi connectivity index (χ0) is 15.2. The lowest BCUT2D eigenvalue weighted by molar-refractivity contribution is -0.154. The van der Waals surface area contributed by atoms with Crippen LogP contribution in [-0.4, -0.2) is 18.7 Å². The summed E-state index contributed by atoms with van der Waals surface area (Å²) in [4.78, 5) is 11.8. The van der Waals surface area contributed by atoms with Crippen LogP contribution in [0.4, 0.5) is 0 Å². The standard InChI is InChI=1S/C17H24O3/c1-6-7-13-8-10-15(19-5)12-14(13)9-11-16(18)20-17(2,3)4/h6,8,10,12H,1,7,9,11H2,2-5H3. The fourth-order valence-corrected chi connectivity index (χ4v) is 1.95. The number of ether oxygens (including phenoxy) is 2. The molecule has 0 amide bonds. The highest BCUT2D eigenvalue weighted by Crippen LogP contribution is 2.20. The molecule has 0 N–H and O–H groups in total. The Balaban J connectivity index is 2.74. The summed E-state index contributed by atoms with van der Waals surface area (Å²) in [7, 11) is 1.64. The highest BCUT2D eigenvalue weighted by molar-refractivity contribution is 5.70. The second-order valence-corrected chi connectivity index (χ2v) is 5.71. The van der Waals surface area contributed by atoms with Crippen molar-refractivity contribution in [2.75, 3.05) is 7.11 Å². The second-order valence-electron chi connectivity index (χ2n) is 5.71. The number of hydrogen-bond donors (Lipinski definition) is 0. The molecule has 0 atom stereocenters. The summed E-state index contributed by atoms with van der Waals surface area (Å²) < 4.78 is 10.6. The Bertz CT molecular complexity index is 470. The molecule has 1 aromatic rings. The monoisotopic (exact) mass is 276 g/mol. The van der Waals surface area contributed by atoms with E-state index in [1.54, 1.807) is 7.11 Å². The van der Waals surface area contributed by atoms with Gasteiger partial charge in [0, 0.05) is 6.42 Å². The number of esters is 1. The van der Waals surface area contributed by atoms with Crippen molar-refractivity contribution in [3.05, 3.63) is 42.0 Å². The van der Waals surface area contributed by atoms with Crippen LogP contribution in [-0.2, 0) is 22.4 Å². The van der Waals surface area contributed by atoms with Crippen LogP contribution in [0.25, 0.3) is 0 Å². The number of allylic oxidation sites excluding steroid dienone is 1. The molecule has 0 aliphatic heterocycles. The van der Waals surface area contributed by atoms with Gasteiger partial charge in [0.2, 0.25) is 0 Å². The van der Waals surface area contributed by atoms with Crippen molar-refractivity contribution in [3.8, 4) is 5.75 Å². The van der Waals surface area contributed by atoms with Gasteiger partial charge in [-0.15, -0.1) is 6.58 Å². The molecule has 0 aliphatic rings. The highest BCUT2D eigenvalue weighted by atomic mass is 16.6. The number of rotatable bonds is 6. The zero-order valence-electron chi connectivity index (χ0n) is 12.9. The number of benzene rings is 1. The van der Waals surface area contributed by atoms with E-state index in [-0.39, 0.29) is 5.97 Å². The van der Waals surface area contributed by atoms with Crippen molar-refractivity contribution in [3.63, 3.8) is 0 Å². The first-order chi connectivity index (χ1) is 9.35. The first-order valence-electron chi connectivity index (χ1n) is 6.84. The summed E-state index contributed by atoms with van der Waals surface area (Å²) in [5.41, 5.74) is 1.84. The second kappa shape index (κ2) is 7.13. The van der Waals surface area contributed by atoms with Gasteiger partial charge in [0.25, 0.3) is 0 Å². The van der Waals surface area contributed by atoms with Gasteiger partial charge in [0.15, 0.2) is 0 Å². The maximum atomic E-state index is 11.8. The van der Waals surface area contributed by atoms with Crippen molar-refractivity contribution < 1.29 is 14.3 Å². The number of hydrogen-bond acceptors (Lipinski definition) is 3. The molecule has 0 radical (unpaired) electrons. The van der Waals surface area contributed by atoms with Crippen molar-refractivity contribution in [2.24, 2.45) is 0 Å². The minimum Gasteiger partial charge on any atom is -0.497 e. The van der Waals surface area contributed by atoms with Gasteiger partial charge in [-0.25, -0.2) is 0 Å². The first-order valence-corrected chi connectivity index (χ1v) is 6.84. The van der Waals surface area contributed by atoms with E-state index < -0.39 is 5.60 Å². The summed E-state index contributed by atoms with van der Waals surface area (Å²) in [6.45, 7) is 9.38. The van der Waals surface area contributed by atoms with Crippen molar-refractivity contribution >= 4 is 5.97 Å². The average Bonchev–Trinajstić information content (AvgIpc) is 2.36. The first kappa shape index (κ1) is 16.3. The van der Waals surface area contributed by atoms with Gasteiger partial charge in [-0.1, -0.05) is 12.1 Å². The van der Waals surface area contributed by atoms with E-state index in [1.165, 1.54) is 5.56 Å². The van der Waals surface area contributed by atoms with Crippen LogP contribution in [0.1, 0.15) is 38.3 Å². The summed E-state index contributed by atoms with van der Waals surface area (Å²) >= 11 is 0. The minimum absolute atomic E-state index is 0.176. The average molecular weight is 276 g/mol. The lowest BCUT2D eigenvalue weighted by atomic mass is 10.00. The van der Waals surface area contributed by atoms with E-state index in [2.05, 4.69) is 6.58 Å². The number of carbonyl (C=O) groups is 1. The van der Waals surface area contributed by atoms with Crippen LogP contribution in [0.15, 0.2) is 30.9 Å². The molecule has 0 fully saturated rings. The van der Waals surface area contributed by atoms with Gasteiger partial charge in [-0.3, -0.25) is 4.79 Å². The Hall–Kier alpha value is -1.77. The Morgan fingerprint density at radius 2 is 2.00 bits per heavy atom. The van der Waals surface area contributed by atoms with Gasteiger partial charge in [0.1, 0.15) is 11.4 Å². The summed E-state index contributed by atoms with van der Waals surface area (Å²) in [6.07, 6.45) is 3.66. The van der Waals surface area contributed by atoms with Gasteiger partial charge in [0.05, 0.1) is 7.11 Å². The topological polar surface area (TPSA) is 35.5 Å². The third-order valence-electron chi connectivity index (χ3n) is 2.80. The number of carbonyl (C=O) groups excluding carboxylic acids is 1. The van der Waals surface area contributed by atoms with Crippen LogP contribution in [0.2, 0.25) is 0 Å². The Morgan fingerprint density at radius 1 is 1.30 bits per heavy atom. The van der Waals surface area contributed by atoms with E-state index >= 15 is 0 Å². The fraction of sp³-hybridized carbons (Fsp3) is 0.471. The summed E-state index contributed by atoms with van der Waals surface area (Å²) in [6, 6.07) is 5.92. The van der Waals surface area contributed by atoms with E-state index in [0.29, 0.717) is 12.8 Å². The molecule has 0 bridgehead atoms.